The van der Waals surface area contributed by atoms with Crippen LogP contribution in [-0.4, -0.2) is 16.6 Å². The first-order chi connectivity index (χ1) is 13.5. The van der Waals surface area contributed by atoms with E-state index >= 15 is 0 Å². The number of ether oxygens (including phenoxy) is 1. The van der Waals surface area contributed by atoms with E-state index in [1.165, 1.54) is 0 Å². The van der Waals surface area contributed by atoms with Crippen LogP contribution < -0.4 is 10.2 Å². The monoisotopic (exact) mass is 457 g/mol. The Morgan fingerprint density at radius 2 is 1.96 bits per heavy atom. The van der Waals surface area contributed by atoms with Gasteiger partial charge in [-0.2, -0.15) is 5.10 Å². The number of rotatable bonds is 6. The number of hydrazone groups is 1. The van der Waals surface area contributed by atoms with Gasteiger partial charge in [-0.1, -0.05) is 51.8 Å². The van der Waals surface area contributed by atoms with Crippen LogP contribution in [-0.2, 0) is 6.61 Å². The third-order valence-electron chi connectivity index (χ3n) is 3.89. The molecule has 0 bridgehead atoms. The van der Waals surface area contributed by atoms with E-state index in [-0.39, 0.29) is 12.5 Å². The van der Waals surface area contributed by atoms with E-state index < -0.39 is 0 Å². The number of hydrogen-bond donors (Lipinski definition) is 1. The molecule has 5 nitrogen and oxygen atoms in total. The van der Waals surface area contributed by atoms with Crippen molar-refractivity contribution in [2.24, 2.45) is 5.10 Å². The Labute approximate surface area is 176 Å². The SMILES string of the molecule is CC(=NNC(=O)c1cc(Br)ccc1OCc1ccccc1Cl)c1ccccn1. The van der Waals surface area contributed by atoms with E-state index in [2.05, 4.69) is 31.4 Å². The molecular weight excluding hydrogens is 442 g/mol. The smallest absolute Gasteiger partial charge is 0.275 e. The van der Waals surface area contributed by atoms with Crippen molar-refractivity contribution in [3.8, 4) is 5.75 Å². The van der Waals surface area contributed by atoms with Crippen molar-refractivity contribution < 1.29 is 9.53 Å². The topological polar surface area (TPSA) is 63.6 Å². The largest absolute Gasteiger partial charge is 0.488 e. The van der Waals surface area contributed by atoms with Gasteiger partial charge >= 0.3 is 0 Å². The van der Waals surface area contributed by atoms with Crippen LogP contribution in [0.1, 0.15) is 28.5 Å². The lowest BCUT2D eigenvalue weighted by Gasteiger charge is -2.12. The Balaban J connectivity index is 1.76. The molecule has 142 valence electrons. The summed E-state index contributed by atoms with van der Waals surface area (Å²) in [5, 5.41) is 4.75. The lowest BCUT2D eigenvalue weighted by molar-refractivity contribution is 0.0950. The molecule has 0 atom stereocenters. The maximum atomic E-state index is 12.7. The van der Waals surface area contributed by atoms with Crippen LogP contribution in [0.15, 0.2) is 76.4 Å². The molecule has 0 spiro atoms. The number of nitrogens with one attached hydrogen (secondary N) is 1. The lowest BCUT2D eigenvalue weighted by atomic mass is 10.2. The van der Waals surface area contributed by atoms with Crippen LogP contribution in [0.2, 0.25) is 5.02 Å². The molecule has 0 aliphatic heterocycles. The van der Waals surface area contributed by atoms with Gasteiger partial charge in [0, 0.05) is 21.3 Å². The van der Waals surface area contributed by atoms with Gasteiger partial charge in [0.25, 0.3) is 5.91 Å². The lowest BCUT2D eigenvalue weighted by Crippen LogP contribution is -2.20. The van der Waals surface area contributed by atoms with Crippen molar-refractivity contribution in [1.82, 2.24) is 10.4 Å². The van der Waals surface area contributed by atoms with E-state index in [0.717, 1.165) is 10.0 Å². The summed E-state index contributed by atoms with van der Waals surface area (Å²) >= 11 is 9.56. The number of amides is 1. The molecule has 1 amide bonds. The minimum Gasteiger partial charge on any atom is -0.488 e. The highest BCUT2D eigenvalue weighted by Gasteiger charge is 2.14. The van der Waals surface area contributed by atoms with E-state index in [0.29, 0.717) is 27.7 Å². The standard InChI is InChI=1S/C21H17BrClN3O2/c1-14(19-8-4-5-11-24-19)25-26-21(27)17-12-16(22)9-10-20(17)28-13-15-6-2-3-7-18(15)23/h2-12H,13H2,1H3,(H,26,27). The number of nitrogens with zero attached hydrogens (tertiary/aromatic N) is 2. The Bertz CT molecular complexity index is 1010. The summed E-state index contributed by atoms with van der Waals surface area (Å²) in [4.78, 5) is 16.9. The Morgan fingerprint density at radius 1 is 1.18 bits per heavy atom. The molecule has 0 fully saturated rings. The predicted molar refractivity (Wildman–Crippen MR) is 114 cm³/mol. The fraction of sp³-hybridized carbons (Fsp3) is 0.0952. The molecule has 0 aliphatic rings. The minimum absolute atomic E-state index is 0.248. The van der Waals surface area contributed by atoms with Crippen LogP contribution in [0.3, 0.4) is 0 Å². The highest BCUT2D eigenvalue weighted by molar-refractivity contribution is 9.10. The van der Waals surface area contributed by atoms with Crippen LogP contribution >= 0.6 is 27.5 Å². The Hall–Kier alpha value is -2.70. The summed E-state index contributed by atoms with van der Waals surface area (Å²) in [7, 11) is 0. The first-order valence-electron chi connectivity index (χ1n) is 8.46. The molecule has 28 heavy (non-hydrogen) atoms. The highest BCUT2D eigenvalue weighted by Crippen LogP contribution is 2.25. The zero-order valence-electron chi connectivity index (χ0n) is 15.0. The van der Waals surface area contributed by atoms with E-state index in [1.807, 2.05) is 36.4 Å². The maximum absolute atomic E-state index is 12.7. The first-order valence-corrected chi connectivity index (χ1v) is 9.63. The minimum atomic E-state index is -0.384. The maximum Gasteiger partial charge on any atom is 0.275 e. The fourth-order valence-corrected chi connectivity index (χ4v) is 2.96. The number of pyridine rings is 1. The second-order valence-corrected chi connectivity index (χ2v) is 7.20. The van der Waals surface area contributed by atoms with E-state index in [1.54, 1.807) is 37.4 Å². The van der Waals surface area contributed by atoms with Crippen LogP contribution in [0.25, 0.3) is 0 Å². The molecule has 0 unspecified atom stereocenters. The second kappa shape index (κ2) is 9.48. The van der Waals surface area contributed by atoms with Crippen molar-refractivity contribution in [1.29, 1.82) is 0 Å². The first kappa shape index (κ1) is 20.0. The summed E-state index contributed by atoms with van der Waals surface area (Å²) in [6.45, 7) is 2.02. The van der Waals surface area contributed by atoms with Crippen LogP contribution in [0.4, 0.5) is 0 Å². The zero-order valence-corrected chi connectivity index (χ0v) is 17.4. The van der Waals surface area contributed by atoms with Crippen molar-refractivity contribution in [3.63, 3.8) is 0 Å². The number of carbonyl (C=O) groups is 1. The van der Waals surface area contributed by atoms with Gasteiger partial charge in [-0.15, -0.1) is 0 Å². The van der Waals surface area contributed by atoms with Crippen molar-refractivity contribution in [2.75, 3.05) is 0 Å². The third kappa shape index (κ3) is 5.18. The summed E-state index contributed by atoms with van der Waals surface area (Å²) in [6.07, 6.45) is 1.67. The van der Waals surface area contributed by atoms with E-state index in [9.17, 15) is 4.79 Å². The van der Waals surface area contributed by atoms with Gasteiger partial charge < -0.3 is 4.74 Å². The summed E-state index contributed by atoms with van der Waals surface area (Å²) in [5.74, 6) is 0.0528. The number of carbonyl (C=O) groups excluding carboxylic acids is 1. The van der Waals surface area contributed by atoms with Gasteiger partial charge in [-0.25, -0.2) is 5.43 Å². The van der Waals surface area contributed by atoms with Crippen LogP contribution in [0.5, 0.6) is 5.75 Å². The summed E-state index contributed by atoms with van der Waals surface area (Å²) in [6, 6.07) is 18.1. The normalized spacial score (nSPS) is 11.2. The van der Waals surface area contributed by atoms with Gasteiger partial charge in [0.2, 0.25) is 0 Å². The quantitative estimate of drug-likeness (QED) is 0.406. The van der Waals surface area contributed by atoms with E-state index in [4.69, 9.17) is 16.3 Å². The number of benzene rings is 2. The Kier molecular flexibility index (Phi) is 6.79. The molecule has 2 aromatic carbocycles. The molecule has 7 heteroatoms. The van der Waals surface area contributed by atoms with Gasteiger partial charge in [0.15, 0.2) is 0 Å². The van der Waals surface area contributed by atoms with Crippen molar-refractivity contribution in [2.45, 2.75) is 13.5 Å². The molecule has 0 saturated heterocycles. The van der Waals surface area contributed by atoms with Gasteiger partial charge in [0.05, 0.1) is 17.0 Å². The number of hydrogen-bond acceptors (Lipinski definition) is 4. The number of aromatic nitrogens is 1. The fourth-order valence-electron chi connectivity index (χ4n) is 2.41. The van der Waals surface area contributed by atoms with Gasteiger partial charge in [-0.05, 0) is 43.3 Å². The molecule has 1 aromatic heterocycles. The molecule has 0 saturated carbocycles. The van der Waals surface area contributed by atoms with Crippen molar-refractivity contribution in [3.05, 3.63) is 93.2 Å². The summed E-state index contributed by atoms with van der Waals surface area (Å²) < 4.78 is 6.60. The molecule has 0 radical (unpaired) electrons. The predicted octanol–water partition coefficient (Wildman–Crippen LogP) is 5.23. The van der Waals surface area contributed by atoms with Crippen LogP contribution in [0, 0.1) is 0 Å². The molecule has 3 rings (SSSR count). The molecule has 0 aliphatic carbocycles. The Morgan fingerprint density at radius 3 is 2.71 bits per heavy atom. The second-order valence-electron chi connectivity index (χ2n) is 5.87. The molecule has 1 N–H and O–H groups in total. The molecular formula is C21H17BrClN3O2. The molecule has 3 aromatic rings. The van der Waals surface area contributed by atoms with Gasteiger partial charge in [-0.3, -0.25) is 9.78 Å². The highest BCUT2D eigenvalue weighted by atomic mass is 79.9. The average molecular weight is 459 g/mol. The van der Waals surface area contributed by atoms with Crippen molar-refractivity contribution >= 4 is 39.1 Å². The average Bonchev–Trinajstić information content (AvgIpc) is 2.72. The third-order valence-corrected chi connectivity index (χ3v) is 4.75. The zero-order chi connectivity index (χ0) is 19.9. The van der Waals surface area contributed by atoms with Gasteiger partial charge in [0.1, 0.15) is 12.4 Å². The number of halogens is 2. The molecule has 1 heterocycles. The summed E-state index contributed by atoms with van der Waals surface area (Å²) in [5.41, 5.74) is 5.04.